The van der Waals surface area contributed by atoms with Gasteiger partial charge in [-0.1, -0.05) is 0 Å². The Morgan fingerprint density at radius 3 is 2.55 bits per heavy atom. The van der Waals surface area contributed by atoms with Gasteiger partial charge in [0.05, 0.1) is 9.83 Å². The molecule has 1 atom stereocenters. The molecule has 1 aromatic rings. The summed E-state index contributed by atoms with van der Waals surface area (Å²) in [7, 11) is 1.50. The van der Waals surface area contributed by atoms with Crippen LogP contribution in [-0.4, -0.2) is 61.0 Å². The van der Waals surface area contributed by atoms with Crippen LogP contribution in [0.25, 0.3) is 0 Å². The standard InChI is InChI=1S/C14H21BrN4O2S/c1-10(13(20)17-14(21)16-2)19-7-5-18(6-8-19)9-11-3-4-12(15)22-11/h3-4,10H,5-9H2,1-2H3,(H2,16,17,20,21)/t10-/m0/s1. The van der Waals surface area contributed by atoms with E-state index < -0.39 is 6.03 Å². The second-order valence-electron chi connectivity index (χ2n) is 5.26. The van der Waals surface area contributed by atoms with Gasteiger partial charge in [0.15, 0.2) is 0 Å². The van der Waals surface area contributed by atoms with Crippen LogP contribution >= 0.6 is 27.3 Å². The third kappa shape index (κ3) is 4.77. The van der Waals surface area contributed by atoms with Crippen LogP contribution in [0.15, 0.2) is 15.9 Å². The summed E-state index contributed by atoms with van der Waals surface area (Å²) in [6, 6.07) is 3.45. The van der Waals surface area contributed by atoms with E-state index in [4.69, 9.17) is 0 Å². The summed E-state index contributed by atoms with van der Waals surface area (Å²) in [5.41, 5.74) is 0. The number of piperazine rings is 1. The van der Waals surface area contributed by atoms with Crippen LogP contribution in [0.4, 0.5) is 4.79 Å². The molecule has 1 aliphatic rings. The molecular formula is C14H21BrN4O2S. The number of nitrogens with zero attached hydrogens (tertiary/aromatic N) is 2. The molecule has 8 heteroatoms. The molecule has 122 valence electrons. The minimum absolute atomic E-state index is 0.255. The fourth-order valence-electron chi connectivity index (χ4n) is 2.41. The number of urea groups is 1. The van der Waals surface area contributed by atoms with Crippen LogP contribution < -0.4 is 10.6 Å². The highest BCUT2D eigenvalue weighted by Crippen LogP contribution is 2.23. The van der Waals surface area contributed by atoms with Crippen LogP contribution in [0.1, 0.15) is 11.8 Å². The van der Waals surface area contributed by atoms with Crippen LogP contribution in [0.3, 0.4) is 0 Å². The Balaban J connectivity index is 1.78. The van der Waals surface area contributed by atoms with Crippen molar-refractivity contribution in [3.05, 3.63) is 20.8 Å². The first-order valence-electron chi connectivity index (χ1n) is 7.23. The predicted octanol–water partition coefficient (Wildman–Crippen LogP) is 1.47. The molecule has 2 N–H and O–H groups in total. The molecule has 0 radical (unpaired) electrons. The maximum atomic E-state index is 12.0. The van der Waals surface area contributed by atoms with E-state index in [1.165, 1.54) is 11.9 Å². The van der Waals surface area contributed by atoms with Crippen molar-refractivity contribution >= 4 is 39.2 Å². The fourth-order valence-corrected chi connectivity index (χ4v) is 3.94. The minimum atomic E-state index is -0.459. The van der Waals surface area contributed by atoms with Crippen molar-refractivity contribution in [1.29, 1.82) is 0 Å². The minimum Gasteiger partial charge on any atom is -0.341 e. The lowest BCUT2D eigenvalue weighted by molar-refractivity contribution is -0.125. The van der Waals surface area contributed by atoms with Gasteiger partial charge < -0.3 is 5.32 Å². The number of hydrogen-bond acceptors (Lipinski definition) is 5. The largest absolute Gasteiger partial charge is 0.341 e. The van der Waals surface area contributed by atoms with Gasteiger partial charge in [-0.25, -0.2) is 4.79 Å². The van der Waals surface area contributed by atoms with E-state index in [0.29, 0.717) is 0 Å². The molecule has 1 fully saturated rings. The Hall–Kier alpha value is -0.960. The van der Waals surface area contributed by atoms with Gasteiger partial charge in [-0.2, -0.15) is 0 Å². The van der Waals surface area contributed by atoms with Gasteiger partial charge in [0.25, 0.3) is 0 Å². The van der Waals surface area contributed by atoms with Gasteiger partial charge in [0.2, 0.25) is 5.91 Å². The SMILES string of the molecule is CNC(=O)NC(=O)[C@H](C)N1CCN(Cc2ccc(Br)s2)CC1. The first-order valence-corrected chi connectivity index (χ1v) is 8.83. The molecule has 1 saturated heterocycles. The van der Waals surface area contributed by atoms with Crippen LogP contribution in [0, 0.1) is 0 Å². The van der Waals surface area contributed by atoms with E-state index in [2.05, 4.69) is 48.5 Å². The second-order valence-corrected chi connectivity index (χ2v) is 7.81. The zero-order valence-corrected chi connectivity index (χ0v) is 15.2. The lowest BCUT2D eigenvalue weighted by Crippen LogP contribution is -2.55. The molecule has 0 saturated carbocycles. The number of thiophene rings is 1. The van der Waals surface area contributed by atoms with Gasteiger partial charge in [-0.05, 0) is 35.0 Å². The average Bonchev–Trinajstić information content (AvgIpc) is 2.92. The number of carbonyl (C=O) groups excluding carboxylic acids is 2. The number of carbonyl (C=O) groups is 2. The first kappa shape index (κ1) is 17.4. The van der Waals surface area contributed by atoms with E-state index >= 15 is 0 Å². The Kier molecular flexibility index (Phi) is 6.37. The van der Waals surface area contributed by atoms with E-state index in [-0.39, 0.29) is 11.9 Å². The van der Waals surface area contributed by atoms with Gasteiger partial charge >= 0.3 is 6.03 Å². The lowest BCUT2D eigenvalue weighted by Gasteiger charge is -2.37. The van der Waals surface area contributed by atoms with Gasteiger partial charge in [0, 0.05) is 44.6 Å². The summed E-state index contributed by atoms with van der Waals surface area (Å²) < 4.78 is 1.15. The van der Waals surface area contributed by atoms with Crippen molar-refractivity contribution in [2.75, 3.05) is 33.2 Å². The molecule has 2 heterocycles. The van der Waals surface area contributed by atoms with Gasteiger partial charge in [0.1, 0.15) is 0 Å². The summed E-state index contributed by atoms with van der Waals surface area (Å²) in [5.74, 6) is -0.255. The molecule has 22 heavy (non-hydrogen) atoms. The summed E-state index contributed by atoms with van der Waals surface area (Å²) in [6.07, 6.45) is 0. The van der Waals surface area contributed by atoms with Crippen molar-refractivity contribution in [2.45, 2.75) is 19.5 Å². The normalized spacial score (nSPS) is 18.0. The Morgan fingerprint density at radius 2 is 2.00 bits per heavy atom. The summed E-state index contributed by atoms with van der Waals surface area (Å²) >= 11 is 5.24. The second kappa shape index (κ2) is 8.05. The van der Waals surface area contributed by atoms with Gasteiger partial charge in [-0.3, -0.25) is 19.9 Å². The molecule has 3 amide bonds. The highest BCUT2D eigenvalue weighted by atomic mass is 79.9. The quantitative estimate of drug-likeness (QED) is 0.819. The molecule has 0 bridgehead atoms. The Morgan fingerprint density at radius 1 is 1.32 bits per heavy atom. The summed E-state index contributed by atoms with van der Waals surface area (Å²) in [5, 5.41) is 4.72. The Labute approximate surface area is 143 Å². The molecule has 1 aromatic heterocycles. The first-order chi connectivity index (χ1) is 10.5. The van der Waals surface area contributed by atoms with Crippen LogP contribution in [0.5, 0.6) is 0 Å². The monoisotopic (exact) mass is 388 g/mol. The highest BCUT2D eigenvalue weighted by Gasteiger charge is 2.26. The third-order valence-electron chi connectivity index (χ3n) is 3.81. The Bertz CT molecular complexity index is 529. The van der Waals surface area contributed by atoms with Crippen LogP contribution in [-0.2, 0) is 11.3 Å². The molecule has 0 spiro atoms. The molecule has 0 unspecified atom stereocenters. The molecule has 1 aliphatic heterocycles. The van der Waals surface area contributed by atoms with Crippen molar-refractivity contribution in [1.82, 2.24) is 20.4 Å². The van der Waals surface area contributed by atoms with Crippen molar-refractivity contribution in [2.24, 2.45) is 0 Å². The fraction of sp³-hybridized carbons (Fsp3) is 0.571. The number of rotatable bonds is 4. The van der Waals surface area contributed by atoms with Crippen molar-refractivity contribution < 1.29 is 9.59 Å². The highest BCUT2D eigenvalue weighted by molar-refractivity contribution is 9.11. The number of imide groups is 1. The van der Waals surface area contributed by atoms with Gasteiger partial charge in [-0.15, -0.1) is 11.3 Å². The number of nitrogens with one attached hydrogen (secondary N) is 2. The molecular weight excluding hydrogens is 368 g/mol. The van der Waals surface area contributed by atoms with Crippen molar-refractivity contribution in [3.63, 3.8) is 0 Å². The predicted molar refractivity (Wildman–Crippen MR) is 90.9 cm³/mol. The van der Waals surface area contributed by atoms with Crippen molar-refractivity contribution in [3.8, 4) is 0 Å². The smallest absolute Gasteiger partial charge is 0.321 e. The topological polar surface area (TPSA) is 64.7 Å². The molecule has 0 aliphatic carbocycles. The van der Waals surface area contributed by atoms with E-state index in [1.807, 2.05) is 6.92 Å². The maximum Gasteiger partial charge on any atom is 0.321 e. The molecule has 2 rings (SSSR count). The number of hydrogen-bond donors (Lipinski definition) is 2. The average molecular weight is 389 g/mol. The third-order valence-corrected chi connectivity index (χ3v) is 5.41. The zero-order valence-electron chi connectivity index (χ0n) is 12.8. The number of halogens is 1. The maximum absolute atomic E-state index is 12.0. The summed E-state index contributed by atoms with van der Waals surface area (Å²) in [6.45, 7) is 6.29. The number of amides is 3. The lowest BCUT2D eigenvalue weighted by atomic mass is 10.2. The van der Waals surface area contributed by atoms with Crippen LogP contribution in [0.2, 0.25) is 0 Å². The van der Waals surface area contributed by atoms with E-state index in [0.717, 1.165) is 36.5 Å². The molecule has 0 aromatic carbocycles. The summed E-state index contributed by atoms with van der Waals surface area (Å²) in [4.78, 5) is 29.0. The molecule has 6 nitrogen and oxygen atoms in total. The van der Waals surface area contributed by atoms with E-state index in [9.17, 15) is 9.59 Å². The zero-order chi connectivity index (χ0) is 16.1. The van der Waals surface area contributed by atoms with E-state index in [1.54, 1.807) is 11.3 Å².